The Bertz CT molecular complexity index is 203. The fourth-order valence-electron chi connectivity index (χ4n) is 2.74. The Kier molecular flexibility index (Phi) is 12.5. The van der Waals surface area contributed by atoms with E-state index in [2.05, 4.69) is 13.8 Å². The summed E-state index contributed by atoms with van der Waals surface area (Å²) in [5, 5.41) is 0. The number of hydrogen-bond donors (Lipinski definition) is 0. The van der Waals surface area contributed by atoms with Gasteiger partial charge in [0.1, 0.15) is 0 Å². The van der Waals surface area contributed by atoms with Gasteiger partial charge >= 0.3 is 0 Å². The van der Waals surface area contributed by atoms with E-state index in [4.69, 9.17) is 19.6 Å². The Balaban J connectivity index is 4.28. The highest BCUT2D eigenvalue weighted by Crippen LogP contribution is 2.34. The summed E-state index contributed by atoms with van der Waals surface area (Å²) in [7, 11) is 3.03. The van der Waals surface area contributed by atoms with Crippen LogP contribution in [0.1, 0.15) is 78.6 Å². The smallest absolute Gasteiger partial charge is 0.236 e. The molecule has 4 heteroatoms. The van der Waals surface area contributed by atoms with E-state index >= 15 is 0 Å². The summed E-state index contributed by atoms with van der Waals surface area (Å²) in [6, 6.07) is 0. The largest absolute Gasteiger partial charge is 0.237 e. The van der Waals surface area contributed by atoms with Crippen molar-refractivity contribution in [3.8, 4) is 0 Å². The quantitative estimate of drug-likeness (QED) is 0.195. The molecule has 0 bridgehead atoms. The molecular weight excluding hydrogens is 256 g/mol. The molecule has 0 aromatic rings. The Hall–Kier alpha value is -0.160. The molecule has 0 aromatic heterocycles. The van der Waals surface area contributed by atoms with Crippen LogP contribution in [0.3, 0.4) is 0 Å². The van der Waals surface area contributed by atoms with Crippen molar-refractivity contribution in [1.82, 2.24) is 0 Å². The third-order valence-electron chi connectivity index (χ3n) is 3.96. The lowest BCUT2D eigenvalue weighted by Crippen LogP contribution is -2.42. The van der Waals surface area contributed by atoms with Crippen LogP contribution >= 0.6 is 0 Å². The molecule has 0 amide bonds. The van der Waals surface area contributed by atoms with E-state index in [0.717, 1.165) is 12.8 Å². The van der Waals surface area contributed by atoms with Crippen molar-refractivity contribution < 1.29 is 19.6 Å². The van der Waals surface area contributed by atoms with Gasteiger partial charge in [0, 0.05) is 12.3 Å². The molecule has 0 radical (unpaired) electrons. The van der Waals surface area contributed by atoms with Crippen LogP contribution < -0.4 is 0 Å². The second-order valence-corrected chi connectivity index (χ2v) is 5.33. The highest BCUT2D eigenvalue weighted by atomic mass is 17.3. The lowest BCUT2D eigenvalue weighted by Gasteiger charge is -2.35. The molecule has 0 aliphatic rings. The SMILES string of the molecule is CCCCCCCCC(CC)C(CC)(OOC)OOC. The second-order valence-electron chi connectivity index (χ2n) is 5.33. The third-order valence-corrected chi connectivity index (χ3v) is 3.96. The van der Waals surface area contributed by atoms with Gasteiger partial charge in [-0.05, 0) is 12.8 Å². The summed E-state index contributed by atoms with van der Waals surface area (Å²) in [5.41, 5.74) is 0. The summed E-state index contributed by atoms with van der Waals surface area (Å²) >= 11 is 0. The van der Waals surface area contributed by atoms with Crippen molar-refractivity contribution in [3.63, 3.8) is 0 Å². The van der Waals surface area contributed by atoms with Crippen LogP contribution in [0.2, 0.25) is 0 Å². The van der Waals surface area contributed by atoms with Crippen LogP contribution in [-0.4, -0.2) is 20.0 Å². The molecule has 1 unspecified atom stereocenters. The highest BCUT2D eigenvalue weighted by Gasteiger charge is 2.41. The van der Waals surface area contributed by atoms with Gasteiger partial charge in [0.25, 0.3) is 0 Å². The van der Waals surface area contributed by atoms with Crippen LogP contribution in [0.15, 0.2) is 0 Å². The van der Waals surface area contributed by atoms with Gasteiger partial charge in [0.05, 0.1) is 14.2 Å². The first-order valence-electron chi connectivity index (χ1n) is 8.14. The number of hydrogen-bond acceptors (Lipinski definition) is 4. The van der Waals surface area contributed by atoms with E-state index in [-0.39, 0.29) is 5.92 Å². The molecule has 0 heterocycles. The van der Waals surface area contributed by atoms with Gasteiger partial charge in [-0.15, -0.1) is 0 Å². The van der Waals surface area contributed by atoms with Crippen LogP contribution in [0.25, 0.3) is 0 Å². The Labute approximate surface area is 125 Å². The van der Waals surface area contributed by atoms with Gasteiger partial charge < -0.3 is 0 Å². The lowest BCUT2D eigenvalue weighted by atomic mass is 9.88. The zero-order valence-corrected chi connectivity index (χ0v) is 14.1. The average Bonchev–Trinajstić information content (AvgIpc) is 2.46. The molecule has 0 rings (SSSR count). The van der Waals surface area contributed by atoms with Gasteiger partial charge in [-0.1, -0.05) is 59.3 Å². The van der Waals surface area contributed by atoms with E-state index in [9.17, 15) is 0 Å². The van der Waals surface area contributed by atoms with Crippen LogP contribution in [0.5, 0.6) is 0 Å². The molecule has 20 heavy (non-hydrogen) atoms. The van der Waals surface area contributed by atoms with Crippen LogP contribution in [-0.2, 0) is 19.6 Å². The molecule has 0 aromatic carbocycles. The zero-order chi connectivity index (χ0) is 15.3. The Morgan fingerprint density at radius 2 is 1.35 bits per heavy atom. The molecule has 0 aliphatic heterocycles. The van der Waals surface area contributed by atoms with Crippen LogP contribution in [0, 0.1) is 5.92 Å². The fraction of sp³-hybridized carbons (Fsp3) is 1.00. The molecular formula is C16H34O4. The first kappa shape index (κ1) is 19.8. The van der Waals surface area contributed by atoms with E-state index < -0.39 is 5.79 Å². The molecule has 4 nitrogen and oxygen atoms in total. The minimum absolute atomic E-state index is 0.276. The first-order valence-corrected chi connectivity index (χ1v) is 8.14. The maximum Gasteiger partial charge on any atom is 0.236 e. The maximum absolute atomic E-state index is 5.42. The summed E-state index contributed by atoms with van der Waals surface area (Å²) in [6.07, 6.45) is 10.5. The summed E-state index contributed by atoms with van der Waals surface area (Å²) < 4.78 is 0. The fourth-order valence-corrected chi connectivity index (χ4v) is 2.74. The summed E-state index contributed by atoms with van der Waals surface area (Å²) in [6.45, 7) is 6.43. The van der Waals surface area contributed by atoms with Gasteiger partial charge in [-0.3, -0.25) is 0 Å². The molecule has 0 N–H and O–H groups in total. The van der Waals surface area contributed by atoms with Crippen molar-refractivity contribution in [3.05, 3.63) is 0 Å². The van der Waals surface area contributed by atoms with E-state index in [1.807, 2.05) is 6.92 Å². The minimum Gasteiger partial charge on any atom is -0.237 e. The minimum atomic E-state index is -0.790. The zero-order valence-electron chi connectivity index (χ0n) is 14.1. The molecule has 0 aliphatic carbocycles. The number of rotatable bonds is 14. The van der Waals surface area contributed by atoms with E-state index in [1.54, 1.807) is 0 Å². The van der Waals surface area contributed by atoms with Crippen LogP contribution in [0.4, 0.5) is 0 Å². The van der Waals surface area contributed by atoms with Crippen molar-refractivity contribution in [2.45, 2.75) is 84.3 Å². The molecule has 0 spiro atoms. The molecule has 0 saturated heterocycles. The van der Waals surface area contributed by atoms with Gasteiger partial charge in [0.15, 0.2) is 0 Å². The lowest BCUT2D eigenvalue weighted by molar-refractivity contribution is -0.514. The normalized spacial score (nSPS) is 13.7. The maximum atomic E-state index is 5.42. The predicted octanol–water partition coefficient (Wildman–Crippen LogP) is 5.03. The van der Waals surface area contributed by atoms with Crippen molar-refractivity contribution >= 4 is 0 Å². The summed E-state index contributed by atoms with van der Waals surface area (Å²) in [5.74, 6) is -0.514. The second kappa shape index (κ2) is 12.6. The summed E-state index contributed by atoms with van der Waals surface area (Å²) in [4.78, 5) is 20.6. The van der Waals surface area contributed by atoms with Crippen molar-refractivity contribution in [2.24, 2.45) is 5.92 Å². The topological polar surface area (TPSA) is 36.9 Å². The first-order chi connectivity index (χ1) is 9.70. The van der Waals surface area contributed by atoms with Crippen molar-refractivity contribution in [1.29, 1.82) is 0 Å². The van der Waals surface area contributed by atoms with E-state index in [1.165, 1.54) is 52.7 Å². The molecule has 122 valence electrons. The third kappa shape index (κ3) is 7.02. The highest BCUT2D eigenvalue weighted by molar-refractivity contribution is 4.76. The average molecular weight is 290 g/mol. The predicted molar refractivity (Wildman–Crippen MR) is 81.0 cm³/mol. The van der Waals surface area contributed by atoms with Gasteiger partial charge in [-0.2, -0.15) is 9.78 Å². The Morgan fingerprint density at radius 1 is 0.800 bits per heavy atom. The standard InChI is InChI=1S/C16H34O4/c1-6-9-10-11-12-13-14-15(7-2)16(8-3,19-17-4)20-18-5/h15H,6-14H2,1-5H3. The van der Waals surface area contributed by atoms with Gasteiger partial charge in [-0.25, -0.2) is 9.78 Å². The Morgan fingerprint density at radius 3 is 1.80 bits per heavy atom. The van der Waals surface area contributed by atoms with Gasteiger partial charge in [0.2, 0.25) is 5.79 Å². The molecule has 0 saturated carbocycles. The molecule has 0 fully saturated rings. The number of unbranched alkanes of at least 4 members (excludes halogenated alkanes) is 5. The van der Waals surface area contributed by atoms with Crippen molar-refractivity contribution in [2.75, 3.05) is 14.2 Å². The van der Waals surface area contributed by atoms with E-state index in [0.29, 0.717) is 6.42 Å². The molecule has 1 atom stereocenters. The monoisotopic (exact) mass is 290 g/mol.